The maximum atomic E-state index is 13.7. The number of pyridine rings is 1. The first-order valence-electron chi connectivity index (χ1n) is 12.1. The molecule has 2 nitrogen and oxygen atoms in total. The molecule has 0 aliphatic heterocycles. The topological polar surface area (TPSA) is 22.1 Å². The van der Waals surface area contributed by atoms with Crippen LogP contribution in [0.15, 0.2) is 73.1 Å². The fourth-order valence-corrected chi connectivity index (χ4v) is 5.93. The summed E-state index contributed by atoms with van der Waals surface area (Å²) in [6.07, 6.45) is 4.27. The summed E-state index contributed by atoms with van der Waals surface area (Å²) in [5.74, 6) is 6.57. The number of hydrogen-bond acceptors (Lipinski definition) is 3. The van der Waals surface area contributed by atoms with Gasteiger partial charge in [-0.05, 0) is 65.2 Å². The van der Waals surface area contributed by atoms with E-state index in [1.54, 1.807) is 23.7 Å². The van der Waals surface area contributed by atoms with Gasteiger partial charge in [0.05, 0.1) is 4.88 Å². The highest BCUT2D eigenvalue weighted by atomic mass is 32.1. The molecule has 4 aromatic rings. The summed E-state index contributed by atoms with van der Waals surface area (Å²) in [6, 6.07) is 21.8. The predicted octanol–water partition coefficient (Wildman–Crippen LogP) is 8.85. The Morgan fingerprint density at radius 2 is 1.56 bits per heavy atom. The van der Waals surface area contributed by atoms with Crippen LogP contribution in [0.5, 0.6) is 0 Å². The van der Waals surface area contributed by atoms with Crippen LogP contribution >= 0.6 is 11.3 Å². The Kier molecular flexibility index (Phi) is 7.90. The second-order valence-corrected chi connectivity index (χ2v) is 16.0. The summed E-state index contributed by atoms with van der Waals surface area (Å²) in [5.41, 5.74) is 5.26. The van der Waals surface area contributed by atoms with Crippen molar-refractivity contribution in [2.45, 2.75) is 45.3 Å². The van der Waals surface area contributed by atoms with Crippen molar-refractivity contribution in [1.29, 1.82) is 0 Å². The van der Waals surface area contributed by atoms with Gasteiger partial charge in [0, 0.05) is 41.4 Å². The maximum absolute atomic E-state index is 13.7. The van der Waals surface area contributed by atoms with Crippen molar-refractivity contribution in [3.63, 3.8) is 0 Å². The Hall–Kier alpha value is -3.04. The minimum Gasteiger partial charge on any atom is -0.416 e. The fourth-order valence-electron chi connectivity index (χ4n) is 3.66. The highest BCUT2D eigenvalue weighted by Gasteiger charge is 2.36. The number of nitrogens with zero attached hydrogens (tertiary/aromatic N) is 1. The predicted molar refractivity (Wildman–Crippen MR) is 152 cm³/mol. The van der Waals surface area contributed by atoms with Gasteiger partial charge in [0.25, 0.3) is 0 Å². The second kappa shape index (κ2) is 10.9. The van der Waals surface area contributed by atoms with Crippen LogP contribution in [-0.4, -0.2) is 19.9 Å². The number of rotatable bonds is 6. The summed E-state index contributed by atoms with van der Waals surface area (Å²) in [5, 5.41) is 0.176. The van der Waals surface area contributed by atoms with Gasteiger partial charge in [-0.15, -0.1) is 11.3 Å². The van der Waals surface area contributed by atoms with Gasteiger partial charge in [0.1, 0.15) is 5.82 Å². The van der Waals surface area contributed by atoms with Crippen molar-refractivity contribution in [2.75, 3.05) is 6.61 Å². The van der Waals surface area contributed by atoms with Gasteiger partial charge < -0.3 is 4.43 Å². The molecule has 0 amide bonds. The van der Waals surface area contributed by atoms with E-state index in [2.05, 4.69) is 68.9 Å². The average molecular weight is 513 g/mol. The summed E-state index contributed by atoms with van der Waals surface area (Å²) < 4.78 is 20.1. The van der Waals surface area contributed by atoms with Gasteiger partial charge in [0.2, 0.25) is 0 Å². The highest BCUT2D eigenvalue weighted by molar-refractivity contribution is 7.17. The fraction of sp³-hybridized carbons (Fsp3) is 0.258. The van der Waals surface area contributed by atoms with E-state index in [4.69, 9.17) is 4.43 Å². The SMILES string of the molecule is CC(C)(C)[Si](C)(C)OCCC#Cc1sc(-c2ccc(F)cc2)c(-c2ccncc2)c1-c1cc[c]cc1. The molecule has 4 rings (SSSR count). The van der Waals surface area contributed by atoms with E-state index in [-0.39, 0.29) is 10.9 Å². The molecule has 0 saturated heterocycles. The third-order valence-corrected chi connectivity index (χ3v) is 12.4. The van der Waals surface area contributed by atoms with Gasteiger partial charge in [-0.2, -0.15) is 0 Å². The maximum Gasteiger partial charge on any atom is 0.192 e. The molecule has 2 heterocycles. The summed E-state index contributed by atoms with van der Waals surface area (Å²) in [4.78, 5) is 6.26. The molecule has 0 fully saturated rings. The lowest BCUT2D eigenvalue weighted by Crippen LogP contribution is -2.40. The molecule has 0 spiro atoms. The van der Waals surface area contributed by atoms with E-state index in [1.807, 2.05) is 36.4 Å². The molecular formula is C31H31FNOSSi. The Bertz CT molecular complexity index is 1360. The van der Waals surface area contributed by atoms with Crippen molar-refractivity contribution < 1.29 is 8.82 Å². The van der Waals surface area contributed by atoms with Gasteiger partial charge in [-0.3, -0.25) is 4.98 Å². The lowest BCUT2D eigenvalue weighted by Gasteiger charge is -2.35. The standard InChI is InChI=1S/C31H31FNOSSi/c1-31(2,3)36(4,5)34-22-10-9-13-27-28(23-11-7-6-8-12-23)29(24-18-20-33-21-19-24)30(35-27)25-14-16-26(32)17-15-25/h7-8,11-12,14-21H,10,22H2,1-5H3. The average Bonchev–Trinajstić information content (AvgIpc) is 3.24. The van der Waals surface area contributed by atoms with E-state index in [0.29, 0.717) is 13.0 Å². The second-order valence-electron chi connectivity index (χ2n) is 10.2. The Morgan fingerprint density at radius 1 is 0.917 bits per heavy atom. The molecular weight excluding hydrogens is 481 g/mol. The van der Waals surface area contributed by atoms with Gasteiger partial charge in [-0.25, -0.2) is 4.39 Å². The van der Waals surface area contributed by atoms with Crippen molar-refractivity contribution in [2.24, 2.45) is 0 Å². The number of hydrogen-bond donors (Lipinski definition) is 0. The minimum absolute atomic E-state index is 0.176. The molecule has 2 aromatic heterocycles. The molecule has 0 aliphatic carbocycles. The van der Waals surface area contributed by atoms with Crippen molar-refractivity contribution in [3.8, 4) is 44.5 Å². The van der Waals surface area contributed by atoms with Crippen LogP contribution in [0.1, 0.15) is 32.1 Å². The van der Waals surface area contributed by atoms with Crippen LogP contribution in [0.2, 0.25) is 18.1 Å². The number of halogens is 1. The van der Waals surface area contributed by atoms with Crippen LogP contribution < -0.4 is 0 Å². The zero-order valence-electron chi connectivity index (χ0n) is 21.5. The molecule has 2 aromatic carbocycles. The molecule has 0 unspecified atom stereocenters. The lowest BCUT2D eigenvalue weighted by molar-refractivity contribution is 0.296. The van der Waals surface area contributed by atoms with Crippen LogP contribution in [0, 0.1) is 23.7 Å². The first-order chi connectivity index (χ1) is 17.2. The third kappa shape index (κ3) is 5.84. The minimum atomic E-state index is -1.80. The Morgan fingerprint density at radius 3 is 2.19 bits per heavy atom. The van der Waals surface area contributed by atoms with Gasteiger partial charge in [-0.1, -0.05) is 69.0 Å². The molecule has 36 heavy (non-hydrogen) atoms. The molecule has 5 heteroatoms. The van der Waals surface area contributed by atoms with E-state index >= 15 is 0 Å². The summed E-state index contributed by atoms with van der Waals surface area (Å²) >= 11 is 1.64. The summed E-state index contributed by atoms with van der Waals surface area (Å²) in [7, 11) is -1.80. The van der Waals surface area contributed by atoms with E-state index < -0.39 is 8.32 Å². The monoisotopic (exact) mass is 512 g/mol. The first kappa shape index (κ1) is 26.0. The number of thiophene rings is 1. The Labute approximate surface area is 219 Å². The molecule has 0 bridgehead atoms. The third-order valence-electron chi connectivity index (χ3n) is 6.69. The van der Waals surface area contributed by atoms with Crippen LogP contribution in [0.25, 0.3) is 32.7 Å². The van der Waals surface area contributed by atoms with E-state index in [9.17, 15) is 4.39 Å². The smallest absolute Gasteiger partial charge is 0.192 e. The van der Waals surface area contributed by atoms with E-state index in [0.717, 1.165) is 37.6 Å². The van der Waals surface area contributed by atoms with Crippen LogP contribution in [0.3, 0.4) is 0 Å². The summed E-state index contributed by atoms with van der Waals surface area (Å²) in [6.45, 7) is 11.9. The molecule has 0 atom stereocenters. The number of benzene rings is 2. The Balaban J connectivity index is 1.78. The normalized spacial score (nSPS) is 11.7. The lowest BCUT2D eigenvalue weighted by atomic mass is 9.93. The zero-order valence-corrected chi connectivity index (χ0v) is 23.3. The van der Waals surface area contributed by atoms with Gasteiger partial charge in [0.15, 0.2) is 8.32 Å². The van der Waals surface area contributed by atoms with Crippen molar-refractivity contribution in [1.82, 2.24) is 4.98 Å². The first-order valence-corrected chi connectivity index (χ1v) is 15.8. The highest BCUT2D eigenvalue weighted by Crippen LogP contribution is 2.47. The zero-order chi connectivity index (χ0) is 25.8. The molecule has 183 valence electrons. The van der Waals surface area contributed by atoms with E-state index in [1.165, 1.54) is 12.1 Å². The number of aromatic nitrogens is 1. The largest absolute Gasteiger partial charge is 0.416 e. The van der Waals surface area contributed by atoms with Crippen LogP contribution in [-0.2, 0) is 4.43 Å². The van der Waals surface area contributed by atoms with Crippen molar-refractivity contribution in [3.05, 3.63) is 89.8 Å². The van der Waals surface area contributed by atoms with Crippen LogP contribution in [0.4, 0.5) is 4.39 Å². The molecule has 0 N–H and O–H groups in total. The van der Waals surface area contributed by atoms with Gasteiger partial charge >= 0.3 is 0 Å². The quantitative estimate of drug-likeness (QED) is 0.146. The molecule has 1 radical (unpaired) electrons. The molecule has 0 saturated carbocycles. The molecule has 0 aliphatic rings. The van der Waals surface area contributed by atoms with Crippen molar-refractivity contribution >= 4 is 19.7 Å².